The molecule has 1 saturated carbocycles. The standard InChI is InChI=1S/C13H18BrNS/c1-2-16-13-7-12(14)6-5-11(13)9-15-8-10-3-4-10/h5-7,10,15H,2-4,8-9H2,1H3. The normalized spacial score (nSPS) is 15.4. The Hall–Kier alpha value is 0.01000. The van der Waals surface area contributed by atoms with Gasteiger partial charge in [0.05, 0.1) is 0 Å². The molecule has 0 spiro atoms. The lowest BCUT2D eigenvalue weighted by Gasteiger charge is -2.10. The average molecular weight is 300 g/mol. The number of halogens is 1. The van der Waals surface area contributed by atoms with Crippen molar-refractivity contribution in [2.75, 3.05) is 12.3 Å². The summed E-state index contributed by atoms with van der Waals surface area (Å²) >= 11 is 5.45. The third-order valence-electron chi connectivity index (χ3n) is 2.77. The van der Waals surface area contributed by atoms with Crippen molar-refractivity contribution in [3.8, 4) is 0 Å². The van der Waals surface area contributed by atoms with Crippen molar-refractivity contribution < 1.29 is 0 Å². The first-order chi connectivity index (χ1) is 7.79. The highest BCUT2D eigenvalue weighted by atomic mass is 79.9. The fourth-order valence-electron chi connectivity index (χ4n) is 1.70. The van der Waals surface area contributed by atoms with Gasteiger partial charge in [0.15, 0.2) is 0 Å². The number of nitrogens with one attached hydrogen (secondary N) is 1. The van der Waals surface area contributed by atoms with E-state index in [0.29, 0.717) is 0 Å². The second-order valence-corrected chi connectivity index (χ2v) is 6.48. The van der Waals surface area contributed by atoms with Crippen LogP contribution in [0.1, 0.15) is 25.3 Å². The molecule has 16 heavy (non-hydrogen) atoms. The molecule has 0 radical (unpaired) electrons. The van der Waals surface area contributed by atoms with E-state index in [9.17, 15) is 0 Å². The van der Waals surface area contributed by atoms with Crippen molar-refractivity contribution in [1.82, 2.24) is 5.32 Å². The molecule has 1 fully saturated rings. The van der Waals surface area contributed by atoms with Gasteiger partial charge in [0.25, 0.3) is 0 Å². The second-order valence-electron chi connectivity index (χ2n) is 4.26. The molecule has 1 aromatic rings. The molecule has 0 atom stereocenters. The van der Waals surface area contributed by atoms with Gasteiger partial charge in [-0.1, -0.05) is 28.9 Å². The first kappa shape index (κ1) is 12.5. The van der Waals surface area contributed by atoms with Gasteiger partial charge in [0, 0.05) is 15.9 Å². The molecule has 1 nitrogen and oxygen atoms in total. The monoisotopic (exact) mass is 299 g/mol. The van der Waals surface area contributed by atoms with Gasteiger partial charge in [-0.2, -0.15) is 0 Å². The highest BCUT2D eigenvalue weighted by molar-refractivity contribution is 9.10. The van der Waals surface area contributed by atoms with Gasteiger partial charge in [0.1, 0.15) is 0 Å². The van der Waals surface area contributed by atoms with Crippen molar-refractivity contribution in [3.63, 3.8) is 0 Å². The maximum absolute atomic E-state index is 3.55. The van der Waals surface area contributed by atoms with E-state index in [2.05, 4.69) is 46.4 Å². The van der Waals surface area contributed by atoms with Crippen LogP contribution < -0.4 is 5.32 Å². The SMILES string of the molecule is CCSc1cc(Br)ccc1CNCC1CC1. The maximum Gasteiger partial charge on any atom is 0.0216 e. The number of rotatable bonds is 6. The van der Waals surface area contributed by atoms with Crippen molar-refractivity contribution in [2.45, 2.75) is 31.2 Å². The van der Waals surface area contributed by atoms with Gasteiger partial charge in [-0.25, -0.2) is 0 Å². The van der Waals surface area contributed by atoms with Crippen LogP contribution >= 0.6 is 27.7 Å². The summed E-state index contributed by atoms with van der Waals surface area (Å²) in [4.78, 5) is 1.40. The summed E-state index contributed by atoms with van der Waals surface area (Å²) in [5, 5.41) is 3.55. The lowest BCUT2D eigenvalue weighted by atomic mass is 10.2. The Bertz CT molecular complexity index is 350. The van der Waals surface area contributed by atoms with Gasteiger partial charge in [-0.15, -0.1) is 11.8 Å². The van der Waals surface area contributed by atoms with E-state index in [1.807, 2.05) is 11.8 Å². The van der Waals surface area contributed by atoms with E-state index >= 15 is 0 Å². The van der Waals surface area contributed by atoms with Crippen LogP contribution in [0.5, 0.6) is 0 Å². The molecule has 0 aliphatic heterocycles. The van der Waals surface area contributed by atoms with Crippen LogP contribution in [0, 0.1) is 5.92 Å². The van der Waals surface area contributed by atoms with E-state index in [0.717, 1.165) is 18.2 Å². The summed E-state index contributed by atoms with van der Waals surface area (Å²) in [6.45, 7) is 4.39. The quantitative estimate of drug-likeness (QED) is 0.795. The Balaban J connectivity index is 1.93. The van der Waals surface area contributed by atoms with Crippen LogP contribution in [-0.2, 0) is 6.54 Å². The number of hydrogen-bond donors (Lipinski definition) is 1. The lowest BCUT2D eigenvalue weighted by molar-refractivity contribution is 0.634. The number of hydrogen-bond acceptors (Lipinski definition) is 2. The van der Waals surface area contributed by atoms with Gasteiger partial charge >= 0.3 is 0 Å². The number of thioether (sulfide) groups is 1. The molecule has 0 unspecified atom stereocenters. The summed E-state index contributed by atoms with van der Waals surface area (Å²) in [5.41, 5.74) is 1.43. The van der Waals surface area contributed by atoms with Crippen molar-refractivity contribution in [1.29, 1.82) is 0 Å². The lowest BCUT2D eigenvalue weighted by Crippen LogP contribution is -2.16. The van der Waals surface area contributed by atoms with Gasteiger partial charge < -0.3 is 5.32 Å². The third kappa shape index (κ3) is 3.79. The molecule has 88 valence electrons. The van der Waals surface area contributed by atoms with Gasteiger partial charge in [-0.05, 0) is 48.8 Å². The van der Waals surface area contributed by atoms with Crippen molar-refractivity contribution in [2.24, 2.45) is 5.92 Å². The predicted molar refractivity (Wildman–Crippen MR) is 75.0 cm³/mol. The molecule has 1 aliphatic rings. The van der Waals surface area contributed by atoms with E-state index in [4.69, 9.17) is 0 Å². The minimum atomic E-state index is 0.956. The smallest absolute Gasteiger partial charge is 0.0216 e. The van der Waals surface area contributed by atoms with E-state index in [1.165, 1.54) is 34.3 Å². The molecule has 1 aromatic carbocycles. The Morgan fingerprint density at radius 1 is 1.44 bits per heavy atom. The predicted octanol–water partition coefficient (Wildman–Crippen LogP) is 4.06. The van der Waals surface area contributed by atoms with Crippen molar-refractivity contribution >= 4 is 27.7 Å². The van der Waals surface area contributed by atoms with E-state index in [1.54, 1.807) is 0 Å². The van der Waals surface area contributed by atoms with Crippen LogP contribution in [0.3, 0.4) is 0 Å². The highest BCUT2D eigenvalue weighted by Crippen LogP contribution is 2.29. The molecule has 1 N–H and O–H groups in total. The molecule has 2 rings (SSSR count). The molecule has 0 bridgehead atoms. The highest BCUT2D eigenvalue weighted by Gasteiger charge is 2.20. The van der Waals surface area contributed by atoms with Crippen LogP contribution in [0.2, 0.25) is 0 Å². The molecule has 0 amide bonds. The van der Waals surface area contributed by atoms with Gasteiger partial charge in [-0.3, -0.25) is 0 Å². The Kier molecular flexibility index (Phi) is 4.74. The topological polar surface area (TPSA) is 12.0 Å². The summed E-state index contributed by atoms with van der Waals surface area (Å²) in [5.74, 6) is 2.09. The molecule has 0 heterocycles. The first-order valence-electron chi connectivity index (χ1n) is 5.91. The molecule has 0 aromatic heterocycles. The zero-order valence-electron chi connectivity index (χ0n) is 9.63. The summed E-state index contributed by atoms with van der Waals surface area (Å²) in [7, 11) is 0. The zero-order chi connectivity index (χ0) is 11.4. The fourth-order valence-corrected chi connectivity index (χ4v) is 3.06. The maximum atomic E-state index is 3.55. The molecular weight excluding hydrogens is 282 g/mol. The average Bonchev–Trinajstić information content (AvgIpc) is 3.06. The summed E-state index contributed by atoms with van der Waals surface area (Å²) in [6.07, 6.45) is 2.84. The van der Waals surface area contributed by atoms with Gasteiger partial charge in [0.2, 0.25) is 0 Å². The minimum absolute atomic E-state index is 0.956. The van der Waals surface area contributed by atoms with Crippen LogP contribution in [-0.4, -0.2) is 12.3 Å². The van der Waals surface area contributed by atoms with Crippen LogP contribution in [0.15, 0.2) is 27.6 Å². The third-order valence-corrected chi connectivity index (χ3v) is 4.25. The molecule has 1 aliphatic carbocycles. The Morgan fingerprint density at radius 3 is 2.94 bits per heavy atom. The zero-order valence-corrected chi connectivity index (χ0v) is 12.0. The minimum Gasteiger partial charge on any atom is -0.312 e. The van der Waals surface area contributed by atoms with Crippen LogP contribution in [0.25, 0.3) is 0 Å². The Morgan fingerprint density at radius 2 is 2.25 bits per heavy atom. The fraction of sp³-hybridized carbons (Fsp3) is 0.538. The summed E-state index contributed by atoms with van der Waals surface area (Å²) in [6, 6.07) is 6.58. The number of benzene rings is 1. The first-order valence-corrected chi connectivity index (χ1v) is 7.69. The van der Waals surface area contributed by atoms with E-state index in [-0.39, 0.29) is 0 Å². The summed E-state index contributed by atoms with van der Waals surface area (Å²) < 4.78 is 1.18. The Labute approximate surface area is 111 Å². The molecule has 0 saturated heterocycles. The largest absolute Gasteiger partial charge is 0.312 e. The second kappa shape index (κ2) is 6.08. The molecule has 3 heteroatoms. The van der Waals surface area contributed by atoms with E-state index < -0.39 is 0 Å². The molecular formula is C13H18BrNS. The van der Waals surface area contributed by atoms with Crippen LogP contribution in [0.4, 0.5) is 0 Å². The van der Waals surface area contributed by atoms with Crippen molar-refractivity contribution in [3.05, 3.63) is 28.2 Å².